The van der Waals surface area contributed by atoms with Crippen molar-refractivity contribution in [2.75, 3.05) is 5.32 Å². The standard InChI is InChI=1S/C30H28FN3O3/c31-23-13-15-24(16-14-23)32-30(36)34(19-21-7-2-1-3-8-21)20-25-17-18-28(37-25)29(35)33-27-12-6-10-22-9-4-5-11-26(22)27/h1-5,7-9,11,13-18,27H,6,10,12,19-20H2,(H,32,36)(H,33,35)/t27-/m1/s1. The van der Waals surface area contributed by atoms with Crippen molar-refractivity contribution in [3.8, 4) is 0 Å². The fourth-order valence-electron chi connectivity index (χ4n) is 4.65. The minimum atomic E-state index is -0.378. The van der Waals surface area contributed by atoms with Gasteiger partial charge in [0.25, 0.3) is 5.91 Å². The van der Waals surface area contributed by atoms with E-state index >= 15 is 0 Å². The predicted octanol–water partition coefficient (Wildman–Crippen LogP) is 6.46. The monoisotopic (exact) mass is 497 g/mol. The Kier molecular flexibility index (Phi) is 7.31. The van der Waals surface area contributed by atoms with Crippen LogP contribution in [0.15, 0.2) is 95.4 Å². The highest BCUT2D eigenvalue weighted by atomic mass is 19.1. The Morgan fingerprint density at radius 1 is 0.892 bits per heavy atom. The topological polar surface area (TPSA) is 74.6 Å². The molecular formula is C30H28FN3O3. The van der Waals surface area contributed by atoms with Crippen LogP contribution >= 0.6 is 0 Å². The van der Waals surface area contributed by atoms with E-state index < -0.39 is 0 Å². The molecule has 1 heterocycles. The van der Waals surface area contributed by atoms with Crippen molar-refractivity contribution in [1.29, 1.82) is 0 Å². The summed E-state index contributed by atoms with van der Waals surface area (Å²) >= 11 is 0. The number of carbonyl (C=O) groups excluding carboxylic acids is 2. The number of aryl methyl sites for hydroxylation is 1. The number of amides is 3. The van der Waals surface area contributed by atoms with Crippen molar-refractivity contribution in [3.63, 3.8) is 0 Å². The Morgan fingerprint density at radius 3 is 2.46 bits per heavy atom. The van der Waals surface area contributed by atoms with E-state index in [4.69, 9.17) is 4.42 Å². The number of halogens is 1. The third-order valence-corrected chi connectivity index (χ3v) is 6.51. The van der Waals surface area contributed by atoms with Gasteiger partial charge in [0.05, 0.1) is 12.6 Å². The normalized spacial score (nSPS) is 14.5. The summed E-state index contributed by atoms with van der Waals surface area (Å²) < 4.78 is 19.2. The summed E-state index contributed by atoms with van der Waals surface area (Å²) in [7, 11) is 0. The van der Waals surface area contributed by atoms with E-state index in [-0.39, 0.29) is 36.1 Å². The van der Waals surface area contributed by atoms with Gasteiger partial charge in [-0.2, -0.15) is 0 Å². The molecule has 7 heteroatoms. The summed E-state index contributed by atoms with van der Waals surface area (Å²) in [5.41, 5.74) is 3.84. The smallest absolute Gasteiger partial charge is 0.322 e. The van der Waals surface area contributed by atoms with Gasteiger partial charge in [-0.25, -0.2) is 9.18 Å². The SMILES string of the molecule is O=C(N[C@@H]1CCCc2ccccc21)c1ccc(CN(Cc2ccccc2)C(=O)Nc2ccc(F)cc2)o1. The summed E-state index contributed by atoms with van der Waals surface area (Å²) in [4.78, 5) is 27.7. The van der Waals surface area contributed by atoms with Crippen molar-refractivity contribution in [3.05, 3.63) is 125 Å². The van der Waals surface area contributed by atoms with Crippen molar-refractivity contribution in [2.24, 2.45) is 0 Å². The number of benzene rings is 3. The number of urea groups is 1. The number of nitrogens with zero attached hydrogens (tertiary/aromatic N) is 1. The van der Waals surface area contributed by atoms with E-state index in [2.05, 4.69) is 22.8 Å². The van der Waals surface area contributed by atoms with Crippen LogP contribution in [0, 0.1) is 5.82 Å². The zero-order valence-corrected chi connectivity index (χ0v) is 20.3. The zero-order valence-electron chi connectivity index (χ0n) is 20.3. The second-order valence-corrected chi connectivity index (χ2v) is 9.16. The molecule has 0 spiro atoms. The molecule has 188 valence electrons. The molecule has 0 radical (unpaired) electrons. The molecule has 0 aliphatic heterocycles. The first-order valence-electron chi connectivity index (χ1n) is 12.4. The Hall–Kier alpha value is -4.39. The van der Waals surface area contributed by atoms with E-state index in [1.807, 2.05) is 42.5 Å². The van der Waals surface area contributed by atoms with Crippen LogP contribution in [0.4, 0.5) is 14.9 Å². The van der Waals surface area contributed by atoms with Gasteiger partial charge in [-0.1, -0.05) is 54.6 Å². The Morgan fingerprint density at radius 2 is 1.65 bits per heavy atom. The number of rotatable bonds is 7. The third-order valence-electron chi connectivity index (χ3n) is 6.51. The Labute approximate surface area is 215 Å². The second-order valence-electron chi connectivity index (χ2n) is 9.16. The fourth-order valence-corrected chi connectivity index (χ4v) is 4.65. The first-order valence-corrected chi connectivity index (χ1v) is 12.4. The number of anilines is 1. The van der Waals surface area contributed by atoms with E-state index in [9.17, 15) is 14.0 Å². The lowest BCUT2D eigenvalue weighted by Gasteiger charge is -2.26. The molecule has 1 aromatic heterocycles. The number of hydrogen-bond donors (Lipinski definition) is 2. The van der Waals surface area contributed by atoms with Crippen LogP contribution in [0.5, 0.6) is 0 Å². The highest BCUT2D eigenvalue weighted by molar-refractivity contribution is 5.92. The Balaban J connectivity index is 1.29. The molecule has 4 aromatic rings. The molecule has 0 saturated heterocycles. The molecule has 0 saturated carbocycles. The molecular weight excluding hydrogens is 469 g/mol. The van der Waals surface area contributed by atoms with Gasteiger partial charge < -0.3 is 20.0 Å². The Bertz CT molecular complexity index is 1370. The molecule has 1 aliphatic carbocycles. The van der Waals surface area contributed by atoms with Gasteiger partial charge in [0, 0.05) is 12.2 Å². The fraction of sp³-hybridized carbons (Fsp3) is 0.200. The van der Waals surface area contributed by atoms with Gasteiger partial charge in [0.1, 0.15) is 11.6 Å². The van der Waals surface area contributed by atoms with Crippen LogP contribution in [-0.2, 0) is 19.5 Å². The number of carbonyl (C=O) groups is 2. The minimum Gasteiger partial charge on any atom is -0.454 e. The summed E-state index contributed by atoms with van der Waals surface area (Å²) in [5, 5.41) is 5.90. The van der Waals surface area contributed by atoms with E-state index in [1.54, 1.807) is 17.0 Å². The summed E-state index contributed by atoms with van der Waals surface area (Å²) in [6, 6.07) is 26.3. The van der Waals surface area contributed by atoms with Crippen LogP contribution in [-0.4, -0.2) is 16.8 Å². The van der Waals surface area contributed by atoms with Crippen LogP contribution in [0.25, 0.3) is 0 Å². The highest BCUT2D eigenvalue weighted by Gasteiger charge is 2.24. The van der Waals surface area contributed by atoms with Gasteiger partial charge in [-0.3, -0.25) is 4.79 Å². The van der Waals surface area contributed by atoms with Crippen molar-refractivity contribution < 1.29 is 18.4 Å². The maximum atomic E-state index is 13.3. The van der Waals surface area contributed by atoms with Crippen LogP contribution < -0.4 is 10.6 Å². The molecule has 0 bridgehead atoms. The molecule has 2 N–H and O–H groups in total. The number of furan rings is 1. The van der Waals surface area contributed by atoms with Crippen molar-refractivity contribution in [1.82, 2.24) is 10.2 Å². The first-order chi connectivity index (χ1) is 18.0. The zero-order chi connectivity index (χ0) is 25.6. The number of hydrogen-bond acceptors (Lipinski definition) is 3. The molecule has 0 unspecified atom stereocenters. The van der Waals surface area contributed by atoms with Crippen LogP contribution in [0.1, 0.15) is 51.9 Å². The predicted molar refractivity (Wildman–Crippen MR) is 139 cm³/mol. The van der Waals surface area contributed by atoms with Gasteiger partial charge in [-0.05, 0) is 72.4 Å². The molecule has 5 rings (SSSR count). The largest absolute Gasteiger partial charge is 0.454 e. The van der Waals surface area contributed by atoms with E-state index in [1.165, 1.54) is 29.8 Å². The quantitative estimate of drug-likeness (QED) is 0.308. The lowest BCUT2D eigenvalue weighted by Crippen LogP contribution is -2.34. The molecule has 3 amide bonds. The molecule has 37 heavy (non-hydrogen) atoms. The van der Waals surface area contributed by atoms with Gasteiger partial charge >= 0.3 is 6.03 Å². The summed E-state index contributed by atoms with van der Waals surface area (Å²) in [6.07, 6.45) is 2.92. The minimum absolute atomic E-state index is 0.0536. The highest BCUT2D eigenvalue weighted by Crippen LogP contribution is 2.29. The average Bonchev–Trinajstić information content (AvgIpc) is 3.39. The van der Waals surface area contributed by atoms with Gasteiger partial charge in [-0.15, -0.1) is 0 Å². The molecule has 3 aromatic carbocycles. The third kappa shape index (κ3) is 6.06. The number of nitrogens with one attached hydrogen (secondary N) is 2. The number of fused-ring (bicyclic) bond motifs is 1. The van der Waals surface area contributed by atoms with Crippen molar-refractivity contribution >= 4 is 17.6 Å². The first kappa shape index (κ1) is 24.3. The summed E-state index contributed by atoms with van der Waals surface area (Å²) in [5.74, 6) is 0.0339. The average molecular weight is 498 g/mol. The van der Waals surface area contributed by atoms with Crippen LogP contribution in [0.3, 0.4) is 0 Å². The molecule has 1 atom stereocenters. The molecule has 1 aliphatic rings. The lowest BCUT2D eigenvalue weighted by atomic mass is 9.88. The second kappa shape index (κ2) is 11.1. The van der Waals surface area contributed by atoms with Gasteiger partial charge in [0.15, 0.2) is 5.76 Å². The lowest BCUT2D eigenvalue weighted by molar-refractivity contribution is 0.0901. The van der Waals surface area contributed by atoms with E-state index in [0.717, 1.165) is 30.4 Å². The van der Waals surface area contributed by atoms with Crippen LogP contribution in [0.2, 0.25) is 0 Å². The van der Waals surface area contributed by atoms with Gasteiger partial charge in [0.2, 0.25) is 0 Å². The molecule has 0 fully saturated rings. The maximum absolute atomic E-state index is 13.3. The van der Waals surface area contributed by atoms with E-state index in [0.29, 0.717) is 18.0 Å². The maximum Gasteiger partial charge on any atom is 0.322 e. The molecule has 6 nitrogen and oxygen atoms in total. The summed E-state index contributed by atoms with van der Waals surface area (Å²) in [6.45, 7) is 0.483. The van der Waals surface area contributed by atoms with Crippen molar-refractivity contribution in [2.45, 2.75) is 38.4 Å².